The lowest BCUT2D eigenvalue weighted by Crippen LogP contribution is -2.32. The van der Waals surface area contributed by atoms with Crippen molar-refractivity contribution in [1.82, 2.24) is 5.43 Å². The van der Waals surface area contributed by atoms with Gasteiger partial charge >= 0.3 is 6.36 Å². The van der Waals surface area contributed by atoms with Crippen LogP contribution in [0.5, 0.6) is 5.75 Å². The lowest BCUT2D eigenvalue weighted by Gasteiger charge is -2.16. The quantitative estimate of drug-likeness (QED) is 0.861. The first kappa shape index (κ1) is 16.7. The monoisotopic (exact) mass is 354 g/mol. The summed E-state index contributed by atoms with van der Waals surface area (Å²) >= 11 is 0. The summed E-state index contributed by atoms with van der Waals surface area (Å²) in [6, 6.07) is 8.98. The van der Waals surface area contributed by atoms with Crippen LogP contribution in [0.25, 0.3) is 11.1 Å². The maximum atomic E-state index is 14.4. The highest BCUT2D eigenvalue weighted by Crippen LogP contribution is 2.35. The number of nitrogens with one attached hydrogen (secondary N) is 1. The Morgan fingerprint density at radius 1 is 1.12 bits per heavy atom. The molecule has 1 N–H and O–H groups in total. The molecule has 1 aliphatic rings. The predicted molar refractivity (Wildman–Crippen MR) is 79.2 cm³/mol. The van der Waals surface area contributed by atoms with Gasteiger partial charge in [0.25, 0.3) is 5.91 Å². The summed E-state index contributed by atoms with van der Waals surface area (Å²) in [4.78, 5) is 11.0. The van der Waals surface area contributed by atoms with Gasteiger partial charge < -0.3 is 9.47 Å². The van der Waals surface area contributed by atoms with Gasteiger partial charge in [-0.15, -0.1) is 18.3 Å². The zero-order valence-corrected chi connectivity index (χ0v) is 12.4. The second kappa shape index (κ2) is 6.42. The number of halogens is 4. The molecule has 1 heterocycles. The van der Waals surface area contributed by atoms with Gasteiger partial charge in [0.05, 0.1) is 0 Å². The van der Waals surface area contributed by atoms with Crippen LogP contribution in [-0.2, 0) is 9.53 Å². The summed E-state index contributed by atoms with van der Waals surface area (Å²) < 4.78 is 60.9. The topological polar surface area (TPSA) is 59.9 Å². The van der Waals surface area contributed by atoms with Crippen LogP contribution in [0.2, 0.25) is 0 Å². The number of carbonyl (C=O) groups is 1. The fourth-order valence-corrected chi connectivity index (χ4v) is 2.23. The van der Waals surface area contributed by atoms with Gasteiger partial charge in [0.2, 0.25) is 5.90 Å². The molecule has 0 radical (unpaired) electrons. The van der Waals surface area contributed by atoms with Crippen molar-refractivity contribution in [3.8, 4) is 16.9 Å². The normalized spacial score (nSPS) is 14.4. The largest absolute Gasteiger partial charge is 0.573 e. The van der Waals surface area contributed by atoms with Crippen molar-refractivity contribution < 1.29 is 31.8 Å². The molecule has 0 saturated heterocycles. The molecule has 0 bridgehead atoms. The molecule has 1 amide bonds. The highest BCUT2D eigenvalue weighted by atomic mass is 19.4. The Morgan fingerprint density at radius 2 is 1.88 bits per heavy atom. The van der Waals surface area contributed by atoms with Gasteiger partial charge in [-0.25, -0.2) is 9.82 Å². The lowest BCUT2D eigenvalue weighted by atomic mass is 10.0. The third-order valence-electron chi connectivity index (χ3n) is 3.24. The number of alkyl halides is 3. The van der Waals surface area contributed by atoms with Crippen molar-refractivity contribution in [2.75, 3.05) is 6.61 Å². The minimum absolute atomic E-state index is 0.00452. The van der Waals surface area contributed by atoms with Crippen molar-refractivity contribution in [3.63, 3.8) is 0 Å². The fraction of sp³-hybridized carbons (Fsp3) is 0.125. The smallest absolute Gasteiger partial charge is 0.466 e. The number of nitrogens with zero attached hydrogens (tertiary/aromatic N) is 1. The third-order valence-corrected chi connectivity index (χ3v) is 3.24. The number of carbonyl (C=O) groups excluding carboxylic acids is 1. The fourth-order valence-electron chi connectivity index (χ4n) is 2.23. The first-order chi connectivity index (χ1) is 11.8. The summed E-state index contributed by atoms with van der Waals surface area (Å²) in [6.45, 7) is -0.259. The van der Waals surface area contributed by atoms with Crippen molar-refractivity contribution in [1.29, 1.82) is 0 Å². The molecule has 0 aromatic heterocycles. The van der Waals surface area contributed by atoms with Gasteiger partial charge in [-0.05, 0) is 18.2 Å². The van der Waals surface area contributed by atoms with E-state index in [0.717, 1.165) is 12.1 Å². The number of hydrogen-bond acceptors (Lipinski definition) is 4. The number of amides is 1. The van der Waals surface area contributed by atoms with E-state index in [1.807, 2.05) is 0 Å². The van der Waals surface area contributed by atoms with E-state index < -0.39 is 23.8 Å². The second-order valence-electron chi connectivity index (χ2n) is 4.98. The molecule has 0 fully saturated rings. The standard InChI is InChI=1S/C16H10F4N2O3/c17-12-7-9(15-22-21-14(23)8-24-15)5-6-10(12)11-3-1-2-4-13(11)25-16(18,19)20/h1-7H,8H2,(H,21,23). The Labute approximate surface area is 138 Å². The number of benzene rings is 2. The van der Waals surface area contributed by atoms with Gasteiger partial charge in [0.15, 0.2) is 6.61 Å². The molecular formula is C16H10F4N2O3. The average molecular weight is 354 g/mol. The van der Waals surface area contributed by atoms with Crippen molar-refractivity contribution >= 4 is 11.8 Å². The molecule has 2 aromatic rings. The summed E-state index contributed by atoms with van der Waals surface area (Å²) in [6.07, 6.45) is -4.89. The molecule has 9 heteroatoms. The molecular weight excluding hydrogens is 344 g/mol. The maximum Gasteiger partial charge on any atom is 0.573 e. The van der Waals surface area contributed by atoms with Crippen LogP contribution < -0.4 is 10.2 Å². The van der Waals surface area contributed by atoms with Crippen LogP contribution in [0.15, 0.2) is 47.6 Å². The SMILES string of the molecule is O=C1COC(c2ccc(-c3ccccc3OC(F)(F)F)c(F)c2)=NN1. The van der Waals surface area contributed by atoms with E-state index in [1.54, 1.807) is 0 Å². The van der Waals surface area contributed by atoms with E-state index in [1.165, 1.54) is 30.3 Å². The number of ether oxygens (including phenoxy) is 2. The van der Waals surface area contributed by atoms with E-state index in [-0.39, 0.29) is 29.2 Å². The minimum Gasteiger partial charge on any atom is -0.466 e. The van der Waals surface area contributed by atoms with E-state index in [4.69, 9.17) is 4.74 Å². The van der Waals surface area contributed by atoms with E-state index in [9.17, 15) is 22.4 Å². The van der Waals surface area contributed by atoms with Crippen molar-refractivity contribution in [2.45, 2.75) is 6.36 Å². The van der Waals surface area contributed by atoms with Crippen molar-refractivity contribution in [2.24, 2.45) is 5.10 Å². The van der Waals surface area contributed by atoms with Crippen LogP contribution in [0.4, 0.5) is 17.6 Å². The molecule has 0 spiro atoms. The van der Waals surface area contributed by atoms with Gasteiger partial charge in [-0.3, -0.25) is 4.79 Å². The van der Waals surface area contributed by atoms with Gasteiger partial charge in [0, 0.05) is 16.7 Å². The summed E-state index contributed by atoms with van der Waals surface area (Å²) in [5.41, 5.74) is 2.29. The molecule has 25 heavy (non-hydrogen) atoms. The number of hydrogen-bond donors (Lipinski definition) is 1. The number of para-hydroxylation sites is 1. The summed E-state index contributed by atoms with van der Waals surface area (Å²) in [5.74, 6) is -1.75. The highest BCUT2D eigenvalue weighted by molar-refractivity contribution is 5.98. The molecule has 3 rings (SSSR count). The molecule has 0 aliphatic carbocycles. The van der Waals surface area contributed by atoms with Crippen molar-refractivity contribution in [3.05, 3.63) is 53.8 Å². The van der Waals surface area contributed by atoms with Crippen LogP contribution in [0.3, 0.4) is 0 Å². The van der Waals surface area contributed by atoms with Crippen LogP contribution in [0, 0.1) is 5.82 Å². The number of rotatable bonds is 3. The maximum absolute atomic E-state index is 14.4. The molecule has 5 nitrogen and oxygen atoms in total. The Kier molecular flexibility index (Phi) is 4.30. The predicted octanol–water partition coefficient (Wildman–Crippen LogP) is 3.20. The van der Waals surface area contributed by atoms with Crippen LogP contribution in [-0.4, -0.2) is 24.8 Å². The van der Waals surface area contributed by atoms with E-state index >= 15 is 0 Å². The van der Waals surface area contributed by atoms with Crippen LogP contribution >= 0.6 is 0 Å². The molecule has 1 aliphatic heterocycles. The van der Waals surface area contributed by atoms with Crippen LogP contribution in [0.1, 0.15) is 5.56 Å². The summed E-state index contributed by atoms with van der Waals surface area (Å²) in [7, 11) is 0. The number of hydrazone groups is 1. The first-order valence-corrected chi connectivity index (χ1v) is 6.98. The van der Waals surface area contributed by atoms with E-state index in [2.05, 4.69) is 15.3 Å². The van der Waals surface area contributed by atoms with Gasteiger partial charge in [-0.2, -0.15) is 0 Å². The Morgan fingerprint density at radius 3 is 2.52 bits per heavy atom. The molecule has 130 valence electrons. The molecule has 0 unspecified atom stereocenters. The highest BCUT2D eigenvalue weighted by Gasteiger charge is 2.32. The van der Waals surface area contributed by atoms with E-state index in [0.29, 0.717) is 0 Å². The third kappa shape index (κ3) is 3.87. The Balaban J connectivity index is 1.96. The molecule has 0 atom stereocenters. The average Bonchev–Trinajstić information content (AvgIpc) is 2.55. The molecule has 2 aromatic carbocycles. The summed E-state index contributed by atoms with van der Waals surface area (Å²) in [5, 5.41) is 3.65. The minimum atomic E-state index is -4.89. The molecule has 0 saturated carbocycles. The van der Waals surface area contributed by atoms with Gasteiger partial charge in [-0.1, -0.05) is 24.3 Å². The first-order valence-electron chi connectivity index (χ1n) is 6.98. The Bertz CT molecular complexity index is 850. The second-order valence-corrected chi connectivity index (χ2v) is 4.98. The zero-order chi connectivity index (χ0) is 18.0. The lowest BCUT2D eigenvalue weighted by molar-refractivity contribution is -0.274. The van der Waals surface area contributed by atoms with Gasteiger partial charge in [0.1, 0.15) is 11.6 Å². The zero-order valence-electron chi connectivity index (χ0n) is 12.4. The Hall–Kier alpha value is -3.10.